The lowest BCUT2D eigenvalue weighted by molar-refractivity contribution is -0.141. The molecule has 3 aromatic rings. The van der Waals surface area contributed by atoms with Crippen molar-refractivity contribution in [3.8, 4) is 17.1 Å². The molecule has 1 aliphatic heterocycles. The third kappa shape index (κ3) is 4.70. The summed E-state index contributed by atoms with van der Waals surface area (Å²) < 4.78 is 56.5. The van der Waals surface area contributed by atoms with Crippen LogP contribution in [0.3, 0.4) is 0 Å². The number of primary amides is 1. The van der Waals surface area contributed by atoms with Crippen LogP contribution in [0.1, 0.15) is 28.3 Å². The maximum atomic E-state index is 13.7. The first-order valence-electron chi connectivity index (χ1n) is 8.64. The summed E-state index contributed by atoms with van der Waals surface area (Å²) in [6.07, 6.45) is 0.0721. The van der Waals surface area contributed by atoms with Gasteiger partial charge in [0.1, 0.15) is 5.69 Å². The van der Waals surface area contributed by atoms with Crippen molar-refractivity contribution in [1.29, 1.82) is 0 Å². The minimum absolute atomic E-state index is 0.373. The van der Waals surface area contributed by atoms with E-state index in [1.54, 1.807) is 6.07 Å². The van der Waals surface area contributed by atoms with E-state index in [-0.39, 0.29) is 5.82 Å². The number of alkyl halides is 3. The van der Waals surface area contributed by atoms with E-state index < -0.39 is 23.5 Å². The fourth-order valence-corrected chi connectivity index (χ4v) is 2.74. The smallest absolute Gasteiger partial charge is 0.434 e. The number of pyridine rings is 1. The number of halogens is 4. The van der Waals surface area contributed by atoms with Crippen molar-refractivity contribution in [3.63, 3.8) is 0 Å². The molecule has 4 rings (SSSR count). The molecule has 3 aromatic heterocycles. The Morgan fingerprint density at radius 2 is 2.00 bits per heavy atom. The number of aromatic nitrogens is 5. The maximum absolute atomic E-state index is 13.7. The topological polar surface area (TPSA) is 109 Å². The Hall–Kier alpha value is -3.57. The Kier molecular flexibility index (Phi) is 5.94. The number of aryl methyl sites for hydroxylation is 2. The van der Waals surface area contributed by atoms with Crippen LogP contribution in [0.5, 0.6) is 5.88 Å². The van der Waals surface area contributed by atoms with Gasteiger partial charge in [0.15, 0.2) is 11.5 Å². The predicted octanol–water partition coefficient (Wildman–Crippen LogP) is 2.63. The molecule has 1 aliphatic rings. The monoisotopic (exact) mass is 424 g/mol. The highest BCUT2D eigenvalue weighted by atomic mass is 19.4. The SMILES string of the molecule is COc1cc(-c2cc3n(n2)CCC3)c(F)cn1.NC(=O)c1cncc(C(F)(F)F)n1. The molecular formula is C18H16F4N6O2. The summed E-state index contributed by atoms with van der Waals surface area (Å²) in [6, 6.07) is 3.51. The van der Waals surface area contributed by atoms with Gasteiger partial charge in [-0.15, -0.1) is 0 Å². The molecule has 0 fully saturated rings. The zero-order chi connectivity index (χ0) is 21.9. The molecule has 0 aromatic carbocycles. The molecule has 0 saturated heterocycles. The van der Waals surface area contributed by atoms with Gasteiger partial charge < -0.3 is 10.5 Å². The molecular weight excluding hydrogens is 408 g/mol. The fourth-order valence-electron chi connectivity index (χ4n) is 2.74. The molecule has 0 radical (unpaired) electrons. The van der Waals surface area contributed by atoms with Crippen LogP contribution < -0.4 is 10.5 Å². The first-order chi connectivity index (χ1) is 14.2. The van der Waals surface area contributed by atoms with Gasteiger partial charge in [0.25, 0.3) is 5.91 Å². The second kappa shape index (κ2) is 8.43. The highest BCUT2D eigenvalue weighted by molar-refractivity contribution is 5.90. The Labute approximate surface area is 167 Å². The molecule has 0 bridgehead atoms. The third-order valence-electron chi connectivity index (χ3n) is 4.16. The van der Waals surface area contributed by atoms with Gasteiger partial charge in [0.2, 0.25) is 5.88 Å². The van der Waals surface area contributed by atoms with Gasteiger partial charge >= 0.3 is 6.18 Å². The van der Waals surface area contributed by atoms with Crippen molar-refractivity contribution < 1.29 is 27.1 Å². The van der Waals surface area contributed by atoms with Gasteiger partial charge in [-0.05, 0) is 18.9 Å². The van der Waals surface area contributed by atoms with E-state index in [4.69, 9.17) is 10.5 Å². The zero-order valence-corrected chi connectivity index (χ0v) is 15.6. The van der Waals surface area contributed by atoms with Crippen LogP contribution in [0.25, 0.3) is 11.3 Å². The molecule has 0 spiro atoms. The Bertz CT molecular complexity index is 1050. The van der Waals surface area contributed by atoms with Crippen LogP contribution in [0.2, 0.25) is 0 Å². The fraction of sp³-hybridized carbons (Fsp3) is 0.278. The van der Waals surface area contributed by atoms with Crippen LogP contribution in [0.15, 0.2) is 30.7 Å². The van der Waals surface area contributed by atoms with E-state index in [0.29, 0.717) is 23.3 Å². The standard InChI is InChI=1S/C12H12FN3O.C6H4F3N3O/c1-17-12-6-9(10(13)7-14-12)11-5-8-3-2-4-16(8)15-11;7-6(8,9)4-2-11-1-3(12-4)5(10)13/h5-7H,2-4H2,1H3;1-2H,(H2,10,13). The summed E-state index contributed by atoms with van der Waals surface area (Å²) in [4.78, 5) is 20.4. The van der Waals surface area contributed by atoms with E-state index in [1.165, 1.54) is 13.3 Å². The van der Waals surface area contributed by atoms with Gasteiger partial charge in [-0.1, -0.05) is 0 Å². The van der Waals surface area contributed by atoms with Gasteiger partial charge in [0.05, 0.1) is 31.4 Å². The summed E-state index contributed by atoms with van der Waals surface area (Å²) >= 11 is 0. The van der Waals surface area contributed by atoms with Crippen LogP contribution in [0, 0.1) is 5.82 Å². The molecule has 0 saturated carbocycles. The number of carbonyl (C=O) groups is 1. The van der Waals surface area contributed by atoms with Crippen LogP contribution in [0.4, 0.5) is 17.6 Å². The van der Waals surface area contributed by atoms with Crippen molar-refractivity contribution >= 4 is 5.91 Å². The zero-order valence-electron chi connectivity index (χ0n) is 15.6. The molecule has 2 N–H and O–H groups in total. The van der Waals surface area contributed by atoms with Crippen LogP contribution in [-0.4, -0.2) is 37.7 Å². The summed E-state index contributed by atoms with van der Waals surface area (Å²) in [5.74, 6) is -1.02. The van der Waals surface area contributed by atoms with Crippen molar-refractivity contribution in [3.05, 3.63) is 53.6 Å². The Morgan fingerprint density at radius 3 is 2.63 bits per heavy atom. The predicted molar refractivity (Wildman–Crippen MR) is 95.8 cm³/mol. The van der Waals surface area contributed by atoms with Crippen molar-refractivity contribution in [1.82, 2.24) is 24.7 Å². The number of hydrogen-bond acceptors (Lipinski definition) is 6. The number of ether oxygens (including phenoxy) is 1. The third-order valence-corrected chi connectivity index (χ3v) is 4.16. The van der Waals surface area contributed by atoms with Crippen molar-refractivity contribution in [2.45, 2.75) is 25.6 Å². The molecule has 4 heterocycles. The van der Waals surface area contributed by atoms with Crippen molar-refractivity contribution in [2.24, 2.45) is 5.73 Å². The molecule has 8 nitrogen and oxygen atoms in total. The normalized spacial score (nSPS) is 12.7. The van der Waals surface area contributed by atoms with E-state index in [1.807, 2.05) is 10.7 Å². The first kappa shape index (κ1) is 21.1. The highest BCUT2D eigenvalue weighted by Gasteiger charge is 2.33. The van der Waals surface area contributed by atoms with Gasteiger partial charge in [-0.2, -0.15) is 18.3 Å². The molecule has 1 amide bonds. The number of nitrogens with two attached hydrogens (primary N) is 1. The largest absolute Gasteiger partial charge is 0.481 e. The van der Waals surface area contributed by atoms with Gasteiger partial charge in [0, 0.05) is 23.9 Å². The molecule has 0 atom stereocenters. The van der Waals surface area contributed by atoms with Gasteiger partial charge in [-0.3, -0.25) is 14.5 Å². The Morgan fingerprint density at radius 1 is 1.23 bits per heavy atom. The van der Waals surface area contributed by atoms with E-state index in [0.717, 1.165) is 31.3 Å². The number of methoxy groups -OCH3 is 1. The summed E-state index contributed by atoms with van der Waals surface area (Å²) in [6.45, 7) is 0.916. The summed E-state index contributed by atoms with van der Waals surface area (Å²) in [5, 5.41) is 4.39. The lowest BCUT2D eigenvalue weighted by Gasteiger charge is -2.04. The lowest BCUT2D eigenvalue weighted by Crippen LogP contribution is -2.17. The second-order valence-corrected chi connectivity index (χ2v) is 6.21. The van der Waals surface area contributed by atoms with Crippen LogP contribution >= 0.6 is 0 Å². The maximum Gasteiger partial charge on any atom is 0.434 e. The summed E-state index contributed by atoms with van der Waals surface area (Å²) in [5.41, 5.74) is 5.24. The number of fused-ring (bicyclic) bond motifs is 1. The molecule has 0 unspecified atom stereocenters. The van der Waals surface area contributed by atoms with Crippen molar-refractivity contribution in [2.75, 3.05) is 7.11 Å². The van der Waals surface area contributed by atoms with Crippen LogP contribution in [-0.2, 0) is 19.1 Å². The molecule has 158 valence electrons. The quantitative estimate of drug-likeness (QED) is 0.648. The molecule has 30 heavy (non-hydrogen) atoms. The molecule has 0 aliphatic carbocycles. The number of amides is 1. The van der Waals surface area contributed by atoms with Gasteiger partial charge in [-0.25, -0.2) is 14.4 Å². The average molecular weight is 424 g/mol. The number of hydrogen-bond donors (Lipinski definition) is 1. The van der Waals surface area contributed by atoms with E-state index >= 15 is 0 Å². The lowest BCUT2D eigenvalue weighted by atomic mass is 10.1. The van der Waals surface area contributed by atoms with E-state index in [9.17, 15) is 22.4 Å². The number of nitrogens with zero attached hydrogens (tertiary/aromatic N) is 5. The second-order valence-electron chi connectivity index (χ2n) is 6.21. The average Bonchev–Trinajstić information content (AvgIpc) is 3.30. The highest BCUT2D eigenvalue weighted by Crippen LogP contribution is 2.28. The minimum atomic E-state index is -4.61. The van der Waals surface area contributed by atoms with E-state index in [2.05, 4.69) is 20.1 Å². The summed E-state index contributed by atoms with van der Waals surface area (Å²) in [7, 11) is 1.51. The molecule has 12 heteroatoms. The minimum Gasteiger partial charge on any atom is -0.481 e. The number of carbonyl (C=O) groups excluding carboxylic acids is 1. The first-order valence-corrected chi connectivity index (χ1v) is 8.64. The Balaban J connectivity index is 0.000000178. The number of rotatable bonds is 3.